The van der Waals surface area contributed by atoms with Gasteiger partial charge in [-0.05, 0) is 12.1 Å². The van der Waals surface area contributed by atoms with Gasteiger partial charge in [0.25, 0.3) is 0 Å². The number of rotatable bonds is 2. The molecule has 0 atom stereocenters. The molecule has 0 saturated carbocycles. The van der Waals surface area contributed by atoms with E-state index in [-0.39, 0.29) is 0 Å². The van der Waals surface area contributed by atoms with Crippen molar-refractivity contribution in [2.45, 2.75) is 0 Å². The first-order chi connectivity index (χ1) is 12.6. The van der Waals surface area contributed by atoms with Gasteiger partial charge >= 0.3 is 0 Å². The lowest BCUT2D eigenvalue weighted by Crippen LogP contribution is -1.82. The third kappa shape index (κ3) is 2.07. The van der Waals surface area contributed by atoms with Gasteiger partial charge in [-0.15, -0.1) is 0 Å². The molecule has 128 valence electrons. The molecule has 5 rings (SSSR count). The van der Waals surface area contributed by atoms with Crippen molar-refractivity contribution < 1.29 is 0 Å². The lowest BCUT2D eigenvalue weighted by molar-refractivity contribution is 0.928. The Hall–Kier alpha value is -3.20. The highest BCUT2D eigenvalue weighted by molar-refractivity contribution is 6.04. The number of fused-ring (bicyclic) bond motifs is 2. The van der Waals surface area contributed by atoms with Crippen LogP contribution in [-0.2, 0) is 21.1 Å². The number of para-hydroxylation sites is 2. The predicted octanol–water partition coefficient (Wildman–Crippen LogP) is 5.34. The largest absolute Gasteiger partial charge is 0.356 e. The van der Waals surface area contributed by atoms with E-state index in [2.05, 4.69) is 108 Å². The van der Waals surface area contributed by atoms with Crippen LogP contribution in [0.3, 0.4) is 0 Å². The molecular formula is C23H21N3. The zero-order valence-electron chi connectivity index (χ0n) is 15.3. The third-order valence-corrected chi connectivity index (χ3v) is 5.33. The molecule has 0 fully saturated rings. The Balaban J connectivity index is 1.83. The first-order valence-corrected chi connectivity index (χ1v) is 8.88. The van der Waals surface area contributed by atoms with Crippen LogP contribution >= 0.6 is 0 Å². The highest BCUT2D eigenvalue weighted by atomic mass is 14.9. The molecule has 3 nitrogen and oxygen atoms in total. The van der Waals surface area contributed by atoms with Gasteiger partial charge in [-0.2, -0.15) is 0 Å². The summed E-state index contributed by atoms with van der Waals surface area (Å²) in [6, 6.07) is 17.2. The van der Waals surface area contributed by atoms with E-state index >= 15 is 0 Å². The van der Waals surface area contributed by atoms with Crippen molar-refractivity contribution >= 4 is 21.8 Å². The number of hydrogen-bond donors (Lipinski definition) is 0. The van der Waals surface area contributed by atoms with Crippen molar-refractivity contribution in [3.05, 3.63) is 73.3 Å². The van der Waals surface area contributed by atoms with Crippen LogP contribution < -0.4 is 0 Å². The molecule has 0 unspecified atom stereocenters. The van der Waals surface area contributed by atoms with Crippen LogP contribution in [0.4, 0.5) is 0 Å². The molecule has 0 amide bonds. The van der Waals surface area contributed by atoms with E-state index in [1.807, 2.05) is 0 Å². The average Bonchev–Trinajstić information content (AvgIpc) is 3.30. The number of aromatic nitrogens is 3. The lowest BCUT2D eigenvalue weighted by atomic mass is 9.98. The topological polar surface area (TPSA) is 14.8 Å². The standard InChI is InChI=1S/C23H21N3/c1-24-12-18(20-14-25(2)22-10-6-4-8-16(20)22)19(13-24)21-15-26(3)23-11-7-5-9-17(21)23/h4-15H,1-3H3. The van der Waals surface area contributed by atoms with Crippen molar-refractivity contribution in [2.24, 2.45) is 21.1 Å². The molecule has 3 heteroatoms. The summed E-state index contributed by atoms with van der Waals surface area (Å²) in [6.07, 6.45) is 8.96. The number of aryl methyl sites for hydroxylation is 3. The lowest BCUT2D eigenvalue weighted by Gasteiger charge is -2.02. The SMILES string of the molecule is Cn1cc(-c2cn(C)c3ccccc23)c(-c2cn(C)c3ccccc23)c1. The van der Waals surface area contributed by atoms with Gasteiger partial charge in [0.15, 0.2) is 0 Å². The van der Waals surface area contributed by atoms with Crippen LogP contribution in [0.5, 0.6) is 0 Å². The Kier molecular flexibility index (Phi) is 3.13. The van der Waals surface area contributed by atoms with E-state index in [1.165, 1.54) is 44.1 Å². The fourth-order valence-electron chi connectivity index (χ4n) is 4.13. The number of nitrogens with zero attached hydrogens (tertiary/aromatic N) is 3. The molecule has 3 aromatic heterocycles. The second-order valence-electron chi connectivity index (χ2n) is 7.09. The van der Waals surface area contributed by atoms with Gasteiger partial charge in [0, 0.05) is 90.0 Å². The fourth-order valence-corrected chi connectivity index (χ4v) is 4.13. The Morgan fingerprint density at radius 3 is 1.38 bits per heavy atom. The van der Waals surface area contributed by atoms with Crippen molar-refractivity contribution in [2.75, 3.05) is 0 Å². The highest BCUT2D eigenvalue weighted by Gasteiger charge is 2.18. The van der Waals surface area contributed by atoms with E-state index in [0.29, 0.717) is 0 Å². The minimum atomic E-state index is 1.26. The normalized spacial score (nSPS) is 11.7. The van der Waals surface area contributed by atoms with Crippen LogP contribution in [0, 0.1) is 0 Å². The molecule has 0 bridgehead atoms. The van der Waals surface area contributed by atoms with Crippen molar-refractivity contribution in [3.63, 3.8) is 0 Å². The molecule has 0 radical (unpaired) electrons. The van der Waals surface area contributed by atoms with Gasteiger partial charge in [-0.1, -0.05) is 36.4 Å². The van der Waals surface area contributed by atoms with Gasteiger partial charge in [0.05, 0.1) is 0 Å². The van der Waals surface area contributed by atoms with Crippen LogP contribution in [0.15, 0.2) is 73.3 Å². The van der Waals surface area contributed by atoms with Crippen LogP contribution in [0.2, 0.25) is 0 Å². The molecular weight excluding hydrogens is 318 g/mol. The number of hydrogen-bond acceptors (Lipinski definition) is 0. The number of benzene rings is 2. The maximum atomic E-state index is 2.24. The zero-order valence-corrected chi connectivity index (χ0v) is 15.3. The summed E-state index contributed by atoms with van der Waals surface area (Å²) in [5.74, 6) is 0. The first kappa shape index (κ1) is 15.1. The smallest absolute Gasteiger partial charge is 0.0484 e. The monoisotopic (exact) mass is 339 g/mol. The molecule has 3 heterocycles. The summed E-state index contributed by atoms with van der Waals surface area (Å²) in [5, 5.41) is 2.59. The quantitative estimate of drug-likeness (QED) is 0.412. The molecule has 5 aromatic rings. The van der Waals surface area contributed by atoms with E-state index in [9.17, 15) is 0 Å². The first-order valence-electron chi connectivity index (χ1n) is 8.88. The second-order valence-corrected chi connectivity index (χ2v) is 7.09. The van der Waals surface area contributed by atoms with E-state index < -0.39 is 0 Å². The fraction of sp³-hybridized carbons (Fsp3) is 0.130. The van der Waals surface area contributed by atoms with Crippen molar-refractivity contribution in [3.8, 4) is 22.3 Å². The van der Waals surface area contributed by atoms with Gasteiger partial charge in [-0.3, -0.25) is 0 Å². The molecule has 0 spiro atoms. The van der Waals surface area contributed by atoms with Crippen molar-refractivity contribution in [1.29, 1.82) is 0 Å². The van der Waals surface area contributed by atoms with Gasteiger partial charge in [0.1, 0.15) is 0 Å². The Bertz CT molecular complexity index is 1170. The molecule has 0 N–H and O–H groups in total. The Morgan fingerprint density at radius 1 is 0.500 bits per heavy atom. The Morgan fingerprint density at radius 2 is 0.923 bits per heavy atom. The maximum Gasteiger partial charge on any atom is 0.0484 e. The summed E-state index contributed by atoms with van der Waals surface area (Å²) in [6.45, 7) is 0. The summed E-state index contributed by atoms with van der Waals surface area (Å²) in [5.41, 5.74) is 7.64. The predicted molar refractivity (Wildman–Crippen MR) is 109 cm³/mol. The maximum absolute atomic E-state index is 2.24. The summed E-state index contributed by atoms with van der Waals surface area (Å²) < 4.78 is 6.59. The van der Waals surface area contributed by atoms with Gasteiger partial charge in [-0.25, -0.2) is 0 Å². The molecule has 2 aromatic carbocycles. The highest BCUT2D eigenvalue weighted by Crippen LogP contribution is 2.40. The van der Waals surface area contributed by atoms with Crippen LogP contribution in [0.1, 0.15) is 0 Å². The minimum absolute atomic E-state index is 1.26. The molecule has 0 aliphatic heterocycles. The Labute approximate surface area is 152 Å². The second kappa shape index (κ2) is 5.40. The van der Waals surface area contributed by atoms with Crippen LogP contribution in [0.25, 0.3) is 44.1 Å². The molecule has 0 aliphatic carbocycles. The van der Waals surface area contributed by atoms with Gasteiger partial charge < -0.3 is 13.7 Å². The van der Waals surface area contributed by atoms with E-state index in [1.54, 1.807) is 0 Å². The molecule has 0 aliphatic rings. The van der Waals surface area contributed by atoms with Crippen LogP contribution in [-0.4, -0.2) is 13.7 Å². The van der Waals surface area contributed by atoms with E-state index in [0.717, 1.165) is 0 Å². The molecule has 0 saturated heterocycles. The third-order valence-electron chi connectivity index (χ3n) is 5.33. The minimum Gasteiger partial charge on any atom is -0.356 e. The summed E-state index contributed by atoms with van der Waals surface area (Å²) in [7, 11) is 6.34. The zero-order chi connectivity index (χ0) is 17.8. The summed E-state index contributed by atoms with van der Waals surface area (Å²) in [4.78, 5) is 0. The van der Waals surface area contributed by atoms with Crippen molar-refractivity contribution in [1.82, 2.24) is 13.7 Å². The molecule has 26 heavy (non-hydrogen) atoms. The van der Waals surface area contributed by atoms with E-state index in [4.69, 9.17) is 0 Å². The van der Waals surface area contributed by atoms with Gasteiger partial charge in [0.2, 0.25) is 0 Å². The summed E-state index contributed by atoms with van der Waals surface area (Å²) >= 11 is 0. The average molecular weight is 339 g/mol.